The lowest BCUT2D eigenvalue weighted by Crippen LogP contribution is -2.29. The molecule has 1 saturated carbocycles. The van der Waals surface area contributed by atoms with Crippen LogP contribution in [0.15, 0.2) is 9.95 Å². The summed E-state index contributed by atoms with van der Waals surface area (Å²) in [4.78, 5) is 31.3. The zero-order chi connectivity index (χ0) is 17.4. The molecule has 5 nitrogen and oxygen atoms in total. The second kappa shape index (κ2) is 7.11. The van der Waals surface area contributed by atoms with Gasteiger partial charge in [0.15, 0.2) is 5.16 Å². The molecule has 0 saturated heterocycles. The van der Waals surface area contributed by atoms with Crippen LogP contribution in [-0.2, 0) is 17.6 Å². The van der Waals surface area contributed by atoms with Gasteiger partial charge in [-0.1, -0.05) is 31.0 Å². The van der Waals surface area contributed by atoms with Crippen molar-refractivity contribution in [1.29, 1.82) is 0 Å². The number of hydrogen-bond acceptors (Lipinski definition) is 5. The first-order valence-corrected chi connectivity index (χ1v) is 10.9. The third kappa shape index (κ3) is 3.24. The van der Waals surface area contributed by atoms with E-state index in [9.17, 15) is 9.59 Å². The Morgan fingerprint density at radius 2 is 1.96 bits per heavy atom. The van der Waals surface area contributed by atoms with Crippen molar-refractivity contribution in [2.24, 2.45) is 0 Å². The Morgan fingerprint density at radius 3 is 2.72 bits per heavy atom. The third-order valence-electron chi connectivity index (χ3n) is 5.25. The molecule has 0 unspecified atom stereocenters. The molecule has 0 atom stereocenters. The van der Waals surface area contributed by atoms with Gasteiger partial charge in [-0.2, -0.15) is 0 Å². The lowest BCUT2D eigenvalue weighted by Gasteiger charge is -2.26. The van der Waals surface area contributed by atoms with E-state index in [0.717, 1.165) is 55.2 Å². The molecule has 4 rings (SSSR count). The van der Waals surface area contributed by atoms with E-state index in [1.807, 2.05) is 4.57 Å². The van der Waals surface area contributed by atoms with Crippen LogP contribution >= 0.6 is 23.1 Å². The average Bonchev–Trinajstić information content (AvgIpc) is 2.99. The number of aromatic nitrogens is 2. The number of carboxylic acid groups (broad SMARTS) is 1. The number of thioether (sulfide) groups is 1. The number of thiophene rings is 1. The molecular weight excluding hydrogens is 356 g/mol. The maximum Gasteiger partial charge on any atom is 0.313 e. The Bertz CT molecular complexity index is 865. The van der Waals surface area contributed by atoms with Gasteiger partial charge in [-0.15, -0.1) is 11.3 Å². The summed E-state index contributed by atoms with van der Waals surface area (Å²) in [5.41, 5.74) is 1.27. The monoisotopic (exact) mass is 378 g/mol. The largest absolute Gasteiger partial charge is 0.481 e. The van der Waals surface area contributed by atoms with Crippen molar-refractivity contribution in [2.45, 2.75) is 69.0 Å². The average molecular weight is 379 g/mol. The van der Waals surface area contributed by atoms with Gasteiger partial charge in [-0.25, -0.2) is 4.98 Å². The highest BCUT2D eigenvalue weighted by molar-refractivity contribution is 7.99. The molecule has 0 bridgehead atoms. The van der Waals surface area contributed by atoms with Crippen molar-refractivity contribution < 1.29 is 9.90 Å². The van der Waals surface area contributed by atoms with Gasteiger partial charge in [0.05, 0.1) is 11.1 Å². The summed E-state index contributed by atoms with van der Waals surface area (Å²) in [5, 5.41) is 10.5. The van der Waals surface area contributed by atoms with E-state index in [-0.39, 0.29) is 17.4 Å². The molecule has 7 heteroatoms. The maximum atomic E-state index is 13.4. The molecule has 0 radical (unpaired) electrons. The van der Waals surface area contributed by atoms with Crippen LogP contribution in [-0.4, -0.2) is 26.4 Å². The SMILES string of the molecule is O=C(O)CSc1nc2sc3c(c2c(=O)n1C1CCCCC1)CCCC3. The van der Waals surface area contributed by atoms with Gasteiger partial charge < -0.3 is 5.11 Å². The first kappa shape index (κ1) is 17.1. The predicted octanol–water partition coefficient (Wildman–Crippen LogP) is 4.02. The van der Waals surface area contributed by atoms with E-state index < -0.39 is 5.97 Å². The molecular formula is C18H22N2O3S2. The summed E-state index contributed by atoms with van der Waals surface area (Å²) in [6.45, 7) is 0. The Balaban J connectivity index is 1.88. The lowest BCUT2D eigenvalue weighted by atomic mass is 9.94. The van der Waals surface area contributed by atoms with Crippen LogP contribution in [0.1, 0.15) is 61.4 Å². The van der Waals surface area contributed by atoms with Gasteiger partial charge in [0, 0.05) is 10.9 Å². The Labute approximate surface area is 154 Å². The van der Waals surface area contributed by atoms with Crippen LogP contribution in [0, 0.1) is 0 Å². The summed E-state index contributed by atoms with van der Waals surface area (Å²) in [6.07, 6.45) is 9.76. The fourth-order valence-electron chi connectivity index (χ4n) is 4.09. The number of aliphatic carboxylic acids is 1. The van der Waals surface area contributed by atoms with E-state index in [4.69, 9.17) is 10.1 Å². The van der Waals surface area contributed by atoms with E-state index in [0.29, 0.717) is 5.16 Å². The third-order valence-corrected chi connectivity index (χ3v) is 7.38. The highest BCUT2D eigenvalue weighted by atomic mass is 32.2. The minimum Gasteiger partial charge on any atom is -0.481 e. The number of aryl methyl sites for hydroxylation is 2. The summed E-state index contributed by atoms with van der Waals surface area (Å²) >= 11 is 2.82. The first-order valence-electron chi connectivity index (χ1n) is 9.06. The van der Waals surface area contributed by atoms with E-state index in [1.54, 1.807) is 11.3 Å². The standard InChI is InChI=1S/C18H22N2O3S2/c21-14(22)10-24-18-19-16-15(12-8-4-5-9-13(12)25-16)17(23)20(18)11-6-2-1-3-7-11/h11H,1-10H2,(H,21,22). The summed E-state index contributed by atoms with van der Waals surface area (Å²) in [7, 11) is 0. The zero-order valence-corrected chi connectivity index (χ0v) is 15.8. The topological polar surface area (TPSA) is 72.2 Å². The van der Waals surface area contributed by atoms with Gasteiger partial charge >= 0.3 is 5.97 Å². The van der Waals surface area contributed by atoms with Crippen molar-refractivity contribution in [1.82, 2.24) is 9.55 Å². The minimum atomic E-state index is -0.875. The number of hydrogen-bond donors (Lipinski definition) is 1. The van der Waals surface area contributed by atoms with Crippen LogP contribution in [0.2, 0.25) is 0 Å². The molecule has 25 heavy (non-hydrogen) atoms. The van der Waals surface area contributed by atoms with Crippen molar-refractivity contribution in [3.8, 4) is 0 Å². The number of carboxylic acids is 1. The molecule has 1 fully saturated rings. The predicted molar refractivity (Wildman–Crippen MR) is 101 cm³/mol. The smallest absolute Gasteiger partial charge is 0.313 e. The van der Waals surface area contributed by atoms with E-state index >= 15 is 0 Å². The minimum absolute atomic E-state index is 0.0594. The van der Waals surface area contributed by atoms with Crippen molar-refractivity contribution >= 4 is 39.3 Å². The van der Waals surface area contributed by atoms with E-state index in [1.165, 1.54) is 35.0 Å². The van der Waals surface area contributed by atoms with Crippen LogP contribution in [0.4, 0.5) is 0 Å². The Hall–Kier alpha value is -1.34. The van der Waals surface area contributed by atoms with Crippen molar-refractivity contribution in [3.05, 3.63) is 20.8 Å². The summed E-state index contributed by atoms with van der Waals surface area (Å²) in [5.74, 6) is -0.935. The molecule has 1 N–H and O–H groups in total. The van der Waals surface area contributed by atoms with Crippen molar-refractivity contribution in [3.63, 3.8) is 0 Å². The number of carbonyl (C=O) groups is 1. The molecule has 134 valence electrons. The molecule has 2 aliphatic carbocycles. The van der Waals surface area contributed by atoms with Crippen LogP contribution < -0.4 is 5.56 Å². The molecule has 0 amide bonds. The van der Waals surface area contributed by atoms with Crippen LogP contribution in [0.3, 0.4) is 0 Å². The van der Waals surface area contributed by atoms with Crippen LogP contribution in [0.25, 0.3) is 10.2 Å². The number of nitrogens with zero attached hydrogens (tertiary/aromatic N) is 2. The number of fused-ring (bicyclic) bond motifs is 3. The highest BCUT2D eigenvalue weighted by Gasteiger charge is 2.26. The fourth-order valence-corrected chi connectivity index (χ4v) is 6.18. The number of rotatable bonds is 4. The molecule has 0 aromatic carbocycles. The molecule has 2 aliphatic rings. The fraction of sp³-hybridized carbons (Fsp3) is 0.611. The van der Waals surface area contributed by atoms with Gasteiger partial charge in [-0.05, 0) is 44.1 Å². The van der Waals surface area contributed by atoms with Crippen molar-refractivity contribution in [2.75, 3.05) is 5.75 Å². The zero-order valence-electron chi connectivity index (χ0n) is 14.1. The first-order chi connectivity index (χ1) is 12.1. The van der Waals surface area contributed by atoms with Gasteiger partial charge in [0.1, 0.15) is 4.83 Å². The van der Waals surface area contributed by atoms with Crippen LogP contribution in [0.5, 0.6) is 0 Å². The molecule has 2 aromatic rings. The molecule has 0 spiro atoms. The maximum absolute atomic E-state index is 13.4. The summed E-state index contributed by atoms with van der Waals surface area (Å²) in [6, 6.07) is 0.161. The Morgan fingerprint density at radius 1 is 1.20 bits per heavy atom. The Kier molecular flexibility index (Phi) is 4.86. The molecule has 2 heterocycles. The second-order valence-electron chi connectivity index (χ2n) is 6.93. The normalized spacial score (nSPS) is 18.4. The molecule has 0 aliphatic heterocycles. The highest BCUT2D eigenvalue weighted by Crippen LogP contribution is 2.36. The quantitative estimate of drug-likeness (QED) is 0.643. The van der Waals surface area contributed by atoms with E-state index in [2.05, 4.69) is 0 Å². The second-order valence-corrected chi connectivity index (χ2v) is 8.96. The summed E-state index contributed by atoms with van der Waals surface area (Å²) < 4.78 is 1.83. The van der Waals surface area contributed by atoms with Gasteiger partial charge in [0.2, 0.25) is 0 Å². The lowest BCUT2D eigenvalue weighted by molar-refractivity contribution is -0.133. The van der Waals surface area contributed by atoms with Gasteiger partial charge in [0.25, 0.3) is 5.56 Å². The molecule has 2 aromatic heterocycles. The van der Waals surface area contributed by atoms with Gasteiger partial charge in [-0.3, -0.25) is 14.2 Å².